The fraction of sp³-hybridized carbons (Fsp3) is 0.600. The molecule has 1 aliphatic rings. The summed E-state index contributed by atoms with van der Waals surface area (Å²) in [6, 6.07) is 4.07. The molecular formula is C15H22N2O2. The van der Waals surface area contributed by atoms with Crippen LogP contribution in [-0.4, -0.2) is 40.1 Å². The lowest BCUT2D eigenvalue weighted by Crippen LogP contribution is -2.45. The molecule has 2 rings (SSSR count). The van der Waals surface area contributed by atoms with Gasteiger partial charge in [-0.1, -0.05) is 6.07 Å². The number of nitrogens with zero attached hydrogens (tertiary/aromatic N) is 2. The van der Waals surface area contributed by atoms with E-state index in [-0.39, 0.29) is 18.6 Å². The average Bonchev–Trinajstić information content (AvgIpc) is 2.42. The molecule has 4 nitrogen and oxygen atoms in total. The second-order valence-electron chi connectivity index (χ2n) is 5.19. The van der Waals surface area contributed by atoms with E-state index in [0.29, 0.717) is 12.8 Å². The van der Waals surface area contributed by atoms with E-state index in [1.165, 1.54) is 0 Å². The zero-order valence-electron chi connectivity index (χ0n) is 11.5. The Hall–Kier alpha value is -1.42. The molecule has 0 radical (unpaired) electrons. The van der Waals surface area contributed by atoms with Crippen molar-refractivity contribution < 1.29 is 9.90 Å². The molecule has 1 aromatic rings. The van der Waals surface area contributed by atoms with Crippen molar-refractivity contribution >= 4 is 5.91 Å². The number of hydrogen-bond donors (Lipinski definition) is 1. The Bertz CT molecular complexity index is 432. The van der Waals surface area contributed by atoms with Crippen molar-refractivity contribution in [3.05, 3.63) is 29.6 Å². The topological polar surface area (TPSA) is 53.4 Å². The van der Waals surface area contributed by atoms with Crippen LogP contribution in [0.5, 0.6) is 0 Å². The van der Waals surface area contributed by atoms with Crippen LogP contribution in [0.4, 0.5) is 0 Å². The summed E-state index contributed by atoms with van der Waals surface area (Å²) in [5.41, 5.74) is 1.92. The predicted molar refractivity (Wildman–Crippen MR) is 73.7 cm³/mol. The maximum Gasteiger partial charge on any atom is 0.228 e. The van der Waals surface area contributed by atoms with E-state index in [9.17, 15) is 4.79 Å². The summed E-state index contributed by atoms with van der Waals surface area (Å²) in [6.07, 6.45) is 6.01. The van der Waals surface area contributed by atoms with Gasteiger partial charge in [0, 0.05) is 25.4 Å². The van der Waals surface area contributed by atoms with Gasteiger partial charge >= 0.3 is 0 Å². The van der Waals surface area contributed by atoms with Gasteiger partial charge in [-0.25, -0.2) is 0 Å². The Morgan fingerprint density at radius 3 is 3.11 bits per heavy atom. The number of likely N-dealkylation sites (tertiary alicyclic amines) is 1. The van der Waals surface area contributed by atoms with Gasteiger partial charge in [0.1, 0.15) is 0 Å². The molecule has 104 valence electrons. The first-order valence-electron chi connectivity index (χ1n) is 7.03. The van der Waals surface area contributed by atoms with Crippen molar-refractivity contribution in [2.24, 2.45) is 0 Å². The number of carbonyl (C=O) groups excluding carboxylic acids is 1. The number of aliphatic hydroxyl groups is 1. The Balaban J connectivity index is 2.03. The zero-order chi connectivity index (χ0) is 13.7. The average molecular weight is 262 g/mol. The lowest BCUT2D eigenvalue weighted by molar-refractivity contribution is -0.134. The molecule has 1 N–H and O–H groups in total. The lowest BCUT2D eigenvalue weighted by atomic mass is 9.98. The Labute approximate surface area is 114 Å². The molecule has 19 heavy (non-hydrogen) atoms. The van der Waals surface area contributed by atoms with Crippen molar-refractivity contribution in [3.8, 4) is 0 Å². The van der Waals surface area contributed by atoms with Crippen LogP contribution in [0, 0.1) is 6.92 Å². The molecule has 1 aromatic heterocycles. The molecule has 0 spiro atoms. The number of carbonyl (C=O) groups is 1. The first-order chi connectivity index (χ1) is 9.22. The smallest absolute Gasteiger partial charge is 0.228 e. The highest BCUT2D eigenvalue weighted by molar-refractivity contribution is 5.79. The maximum atomic E-state index is 12.4. The minimum absolute atomic E-state index is 0.139. The highest BCUT2D eigenvalue weighted by Crippen LogP contribution is 2.20. The van der Waals surface area contributed by atoms with E-state index in [0.717, 1.165) is 37.1 Å². The third-order valence-corrected chi connectivity index (χ3v) is 3.85. The summed E-state index contributed by atoms with van der Waals surface area (Å²) >= 11 is 0. The molecule has 0 saturated carbocycles. The molecule has 1 unspecified atom stereocenters. The van der Waals surface area contributed by atoms with Gasteiger partial charge in [0.25, 0.3) is 0 Å². The molecule has 1 atom stereocenters. The molecule has 1 amide bonds. The SMILES string of the molecule is Cc1cccnc1CC(=O)N1CCCCC1CCO. The number of amides is 1. The number of rotatable bonds is 4. The van der Waals surface area contributed by atoms with Crippen molar-refractivity contribution in [1.82, 2.24) is 9.88 Å². The van der Waals surface area contributed by atoms with Crippen LogP contribution in [0.25, 0.3) is 0 Å². The van der Waals surface area contributed by atoms with E-state index >= 15 is 0 Å². The molecule has 1 fully saturated rings. The number of pyridine rings is 1. The van der Waals surface area contributed by atoms with Crippen LogP contribution in [-0.2, 0) is 11.2 Å². The summed E-state index contributed by atoms with van der Waals surface area (Å²) in [6.45, 7) is 2.95. The van der Waals surface area contributed by atoms with Gasteiger partial charge in [-0.05, 0) is 44.2 Å². The van der Waals surface area contributed by atoms with Crippen molar-refractivity contribution in [1.29, 1.82) is 0 Å². The highest BCUT2D eigenvalue weighted by Gasteiger charge is 2.26. The Morgan fingerprint density at radius 2 is 2.37 bits per heavy atom. The number of aryl methyl sites for hydroxylation is 1. The second-order valence-corrected chi connectivity index (χ2v) is 5.19. The first kappa shape index (κ1) is 14.0. The number of aliphatic hydroxyl groups excluding tert-OH is 1. The van der Waals surface area contributed by atoms with Gasteiger partial charge in [-0.15, -0.1) is 0 Å². The third-order valence-electron chi connectivity index (χ3n) is 3.85. The van der Waals surface area contributed by atoms with Gasteiger partial charge in [-0.2, -0.15) is 0 Å². The van der Waals surface area contributed by atoms with Crippen LogP contribution in [0.1, 0.15) is 36.9 Å². The molecule has 1 saturated heterocycles. The first-order valence-corrected chi connectivity index (χ1v) is 7.03. The minimum atomic E-state index is 0.139. The molecule has 0 bridgehead atoms. The summed E-state index contributed by atoms with van der Waals surface area (Å²) in [5, 5.41) is 9.10. The predicted octanol–water partition coefficient (Wildman–Crippen LogP) is 1.70. The van der Waals surface area contributed by atoms with Gasteiger partial charge in [0.15, 0.2) is 0 Å². The summed E-state index contributed by atoms with van der Waals surface area (Å²) in [4.78, 5) is 18.6. The second kappa shape index (κ2) is 6.66. The van der Waals surface area contributed by atoms with Gasteiger partial charge in [0.05, 0.1) is 12.1 Å². The van der Waals surface area contributed by atoms with E-state index < -0.39 is 0 Å². The van der Waals surface area contributed by atoms with Crippen molar-refractivity contribution in [3.63, 3.8) is 0 Å². The fourth-order valence-electron chi connectivity index (χ4n) is 2.73. The summed E-state index contributed by atoms with van der Waals surface area (Å²) in [7, 11) is 0. The minimum Gasteiger partial charge on any atom is -0.396 e. The maximum absolute atomic E-state index is 12.4. The Kier molecular flexibility index (Phi) is 4.91. The van der Waals surface area contributed by atoms with Crippen LogP contribution >= 0.6 is 0 Å². The zero-order valence-corrected chi connectivity index (χ0v) is 11.5. The number of aromatic nitrogens is 1. The van der Waals surface area contributed by atoms with Crippen LogP contribution in [0.15, 0.2) is 18.3 Å². The van der Waals surface area contributed by atoms with E-state index in [2.05, 4.69) is 4.98 Å². The van der Waals surface area contributed by atoms with Crippen LogP contribution in [0.3, 0.4) is 0 Å². The van der Waals surface area contributed by atoms with Gasteiger partial charge in [0.2, 0.25) is 5.91 Å². The highest BCUT2D eigenvalue weighted by atomic mass is 16.3. The van der Waals surface area contributed by atoms with Gasteiger partial charge < -0.3 is 10.0 Å². The molecule has 2 heterocycles. The van der Waals surface area contributed by atoms with E-state index in [1.807, 2.05) is 24.0 Å². The standard InChI is InChI=1S/C15H22N2O2/c1-12-5-4-8-16-14(12)11-15(19)17-9-3-2-6-13(17)7-10-18/h4-5,8,13,18H,2-3,6-7,9-11H2,1H3. The lowest BCUT2D eigenvalue weighted by Gasteiger charge is -2.35. The van der Waals surface area contributed by atoms with Crippen molar-refractivity contribution in [2.45, 2.75) is 45.1 Å². The number of piperidine rings is 1. The summed E-state index contributed by atoms with van der Waals surface area (Å²) in [5.74, 6) is 0.139. The monoisotopic (exact) mass is 262 g/mol. The number of hydrogen-bond acceptors (Lipinski definition) is 3. The third kappa shape index (κ3) is 3.53. The summed E-state index contributed by atoms with van der Waals surface area (Å²) < 4.78 is 0. The van der Waals surface area contributed by atoms with E-state index in [1.54, 1.807) is 6.20 Å². The van der Waals surface area contributed by atoms with Crippen molar-refractivity contribution in [2.75, 3.05) is 13.2 Å². The van der Waals surface area contributed by atoms with Crippen LogP contribution in [0.2, 0.25) is 0 Å². The molecule has 0 aromatic carbocycles. The quantitative estimate of drug-likeness (QED) is 0.898. The largest absolute Gasteiger partial charge is 0.396 e. The van der Waals surface area contributed by atoms with E-state index in [4.69, 9.17) is 5.11 Å². The van der Waals surface area contributed by atoms with Gasteiger partial charge in [-0.3, -0.25) is 9.78 Å². The van der Waals surface area contributed by atoms with Crippen LogP contribution < -0.4 is 0 Å². The molecule has 0 aliphatic carbocycles. The fourth-order valence-corrected chi connectivity index (χ4v) is 2.73. The Morgan fingerprint density at radius 1 is 1.53 bits per heavy atom. The molecule has 4 heteroatoms. The normalized spacial score (nSPS) is 19.5. The molecule has 1 aliphatic heterocycles. The molecular weight excluding hydrogens is 240 g/mol.